The molecule has 2 rings (SSSR count). The van der Waals surface area contributed by atoms with Crippen LogP contribution in [0.1, 0.15) is 12.0 Å². The first-order valence-corrected chi connectivity index (χ1v) is 9.27. The highest BCUT2D eigenvalue weighted by molar-refractivity contribution is 7.07. The van der Waals surface area contributed by atoms with Crippen LogP contribution in [0.3, 0.4) is 0 Å². The Labute approximate surface area is 161 Å². The molecule has 0 fully saturated rings. The molecule has 0 aliphatic heterocycles. The summed E-state index contributed by atoms with van der Waals surface area (Å²) in [6, 6.07) is 8.85. The topological polar surface area (TPSA) is 84.9 Å². The van der Waals surface area contributed by atoms with E-state index in [1.54, 1.807) is 35.6 Å². The normalized spacial score (nSPS) is 10.1. The maximum absolute atomic E-state index is 12.0. The van der Waals surface area contributed by atoms with Crippen LogP contribution in [0.2, 0.25) is 0 Å². The van der Waals surface area contributed by atoms with Crippen LogP contribution in [0.25, 0.3) is 0 Å². The van der Waals surface area contributed by atoms with Gasteiger partial charge in [-0.1, -0.05) is 6.07 Å². The van der Waals surface area contributed by atoms with Crippen molar-refractivity contribution in [1.29, 1.82) is 0 Å². The maximum Gasteiger partial charge on any atom is 0.306 e. The predicted molar refractivity (Wildman–Crippen MR) is 103 cm³/mol. The molecule has 0 aliphatic rings. The Bertz CT molecular complexity index is 776. The Morgan fingerprint density at radius 2 is 2.04 bits per heavy atom. The van der Waals surface area contributed by atoms with Gasteiger partial charge in [0.25, 0.3) is 5.91 Å². The lowest BCUT2D eigenvalue weighted by atomic mass is 10.2. The van der Waals surface area contributed by atoms with Crippen molar-refractivity contribution in [2.75, 3.05) is 32.6 Å². The summed E-state index contributed by atoms with van der Waals surface area (Å²) in [5, 5.41) is 6.59. The fourth-order valence-electron chi connectivity index (χ4n) is 2.21. The Morgan fingerprint density at radius 3 is 2.74 bits per heavy atom. The molecule has 0 saturated heterocycles. The van der Waals surface area contributed by atoms with Gasteiger partial charge in [0.15, 0.2) is 6.61 Å². The van der Waals surface area contributed by atoms with E-state index >= 15 is 0 Å². The fourth-order valence-corrected chi connectivity index (χ4v) is 2.91. The lowest BCUT2D eigenvalue weighted by Crippen LogP contribution is -2.37. The fraction of sp³-hybridized carbons (Fsp3) is 0.316. The standard InChI is InChI=1S/C19H22N2O5S/c1-21(11-17(22)20-15-4-3-5-16(10-15)25-2)18(23)12-26-19(24)7-6-14-8-9-27-13-14/h3-5,8-10,13H,6-7,11-12H2,1-2H3,(H,20,22). The molecule has 0 bridgehead atoms. The number of thiophene rings is 1. The van der Waals surface area contributed by atoms with Gasteiger partial charge in [0, 0.05) is 25.2 Å². The average molecular weight is 390 g/mol. The molecule has 1 N–H and O–H groups in total. The van der Waals surface area contributed by atoms with Crippen LogP contribution in [-0.2, 0) is 25.5 Å². The van der Waals surface area contributed by atoms with E-state index in [2.05, 4.69) is 5.32 Å². The largest absolute Gasteiger partial charge is 0.497 e. The minimum absolute atomic E-state index is 0.150. The number of carbonyl (C=O) groups is 3. The summed E-state index contributed by atoms with van der Waals surface area (Å²) in [7, 11) is 3.02. The number of anilines is 1. The number of aryl methyl sites for hydroxylation is 1. The van der Waals surface area contributed by atoms with E-state index in [1.165, 1.54) is 19.1 Å². The summed E-state index contributed by atoms with van der Waals surface area (Å²) < 4.78 is 10.1. The predicted octanol–water partition coefficient (Wildman–Crippen LogP) is 2.33. The molecule has 0 unspecified atom stereocenters. The number of nitrogens with one attached hydrogen (secondary N) is 1. The van der Waals surface area contributed by atoms with Crippen molar-refractivity contribution in [2.45, 2.75) is 12.8 Å². The number of ether oxygens (including phenoxy) is 2. The minimum atomic E-state index is -0.445. The number of amides is 2. The molecular weight excluding hydrogens is 368 g/mol. The zero-order valence-electron chi connectivity index (χ0n) is 15.3. The molecule has 0 spiro atoms. The Kier molecular flexibility index (Phi) is 7.81. The molecule has 1 aromatic carbocycles. The van der Waals surface area contributed by atoms with Crippen LogP contribution in [-0.4, -0.2) is 50.0 Å². The molecule has 1 aromatic heterocycles. The van der Waals surface area contributed by atoms with Gasteiger partial charge >= 0.3 is 5.97 Å². The number of likely N-dealkylation sites (N-methyl/N-ethyl adjacent to an activating group) is 1. The molecule has 0 radical (unpaired) electrons. The molecule has 0 aliphatic carbocycles. The van der Waals surface area contributed by atoms with Gasteiger partial charge in [-0.05, 0) is 40.9 Å². The van der Waals surface area contributed by atoms with Gasteiger partial charge in [0.05, 0.1) is 13.7 Å². The summed E-state index contributed by atoms with van der Waals surface area (Å²) in [6.07, 6.45) is 0.791. The molecule has 0 atom stereocenters. The maximum atomic E-state index is 12.0. The number of hydrogen-bond donors (Lipinski definition) is 1. The molecule has 1 heterocycles. The SMILES string of the molecule is COc1cccc(NC(=O)CN(C)C(=O)COC(=O)CCc2ccsc2)c1. The average Bonchev–Trinajstić information content (AvgIpc) is 3.18. The molecule has 144 valence electrons. The lowest BCUT2D eigenvalue weighted by molar-refractivity contribution is -0.151. The zero-order valence-corrected chi connectivity index (χ0v) is 16.1. The number of nitrogens with zero attached hydrogens (tertiary/aromatic N) is 1. The van der Waals surface area contributed by atoms with Crippen molar-refractivity contribution < 1.29 is 23.9 Å². The zero-order chi connectivity index (χ0) is 19.6. The second kappa shape index (κ2) is 10.3. The molecule has 8 heteroatoms. The summed E-state index contributed by atoms with van der Waals surface area (Å²) in [5.41, 5.74) is 1.63. The van der Waals surface area contributed by atoms with E-state index < -0.39 is 11.9 Å². The Hall–Kier alpha value is -2.87. The third-order valence-corrected chi connectivity index (χ3v) is 4.45. The quantitative estimate of drug-likeness (QED) is 0.664. The smallest absolute Gasteiger partial charge is 0.306 e. The van der Waals surface area contributed by atoms with Crippen molar-refractivity contribution >= 4 is 34.8 Å². The van der Waals surface area contributed by atoms with E-state index in [4.69, 9.17) is 9.47 Å². The van der Waals surface area contributed by atoms with Crippen LogP contribution in [0.5, 0.6) is 5.75 Å². The minimum Gasteiger partial charge on any atom is -0.497 e. The molecular formula is C19H22N2O5S. The van der Waals surface area contributed by atoms with E-state index in [-0.39, 0.29) is 25.5 Å². The highest BCUT2D eigenvalue weighted by atomic mass is 32.1. The van der Waals surface area contributed by atoms with E-state index in [9.17, 15) is 14.4 Å². The number of hydrogen-bond acceptors (Lipinski definition) is 6. The first-order valence-electron chi connectivity index (χ1n) is 8.32. The van der Waals surface area contributed by atoms with Crippen LogP contribution < -0.4 is 10.1 Å². The highest BCUT2D eigenvalue weighted by Gasteiger charge is 2.15. The second-order valence-electron chi connectivity index (χ2n) is 5.82. The summed E-state index contributed by atoms with van der Waals surface area (Å²) in [6.45, 7) is -0.534. The van der Waals surface area contributed by atoms with Crippen molar-refractivity contribution in [1.82, 2.24) is 4.90 Å². The van der Waals surface area contributed by atoms with Gasteiger partial charge < -0.3 is 19.7 Å². The van der Waals surface area contributed by atoms with E-state index in [0.717, 1.165) is 5.56 Å². The molecule has 2 aromatic rings. The first-order chi connectivity index (χ1) is 13.0. The third kappa shape index (κ3) is 7.10. The molecule has 2 amide bonds. The van der Waals surface area contributed by atoms with Gasteiger partial charge in [-0.3, -0.25) is 14.4 Å². The van der Waals surface area contributed by atoms with Gasteiger partial charge in [0.1, 0.15) is 5.75 Å². The van der Waals surface area contributed by atoms with Crippen molar-refractivity contribution in [3.05, 3.63) is 46.7 Å². The van der Waals surface area contributed by atoms with Crippen molar-refractivity contribution in [3.63, 3.8) is 0 Å². The molecule has 0 saturated carbocycles. The van der Waals surface area contributed by atoms with Crippen molar-refractivity contribution in [3.8, 4) is 5.75 Å². The van der Waals surface area contributed by atoms with Crippen molar-refractivity contribution in [2.24, 2.45) is 0 Å². The third-order valence-electron chi connectivity index (χ3n) is 3.71. The number of rotatable bonds is 9. The Balaban J connectivity index is 1.70. The summed E-state index contributed by atoms with van der Waals surface area (Å²) >= 11 is 1.56. The van der Waals surface area contributed by atoms with E-state index in [1.807, 2.05) is 16.8 Å². The number of carbonyl (C=O) groups excluding carboxylic acids is 3. The summed E-state index contributed by atoms with van der Waals surface area (Å²) in [5.74, 6) is -0.627. The van der Waals surface area contributed by atoms with Gasteiger partial charge in [-0.25, -0.2) is 0 Å². The number of methoxy groups -OCH3 is 1. The van der Waals surface area contributed by atoms with E-state index in [0.29, 0.717) is 17.9 Å². The van der Waals surface area contributed by atoms with Crippen LogP contribution in [0.15, 0.2) is 41.1 Å². The van der Waals surface area contributed by atoms with Crippen LogP contribution in [0, 0.1) is 0 Å². The van der Waals surface area contributed by atoms with Gasteiger partial charge in [-0.2, -0.15) is 11.3 Å². The highest BCUT2D eigenvalue weighted by Crippen LogP contribution is 2.16. The van der Waals surface area contributed by atoms with Crippen LogP contribution in [0.4, 0.5) is 5.69 Å². The lowest BCUT2D eigenvalue weighted by Gasteiger charge is -2.17. The van der Waals surface area contributed by atoms with Gasteiger partial charge in [0.2, 0.25) is 5.91 Å². The number of esters is 1. The first kappa shape index (κ1) is 20.4. The second-order valence-corrected chi connectivity index (χ2v) is 6.60. The molecule has 7 nitrogen and oxygen atoms in total. The molecule has 27 heavy (non-hydrogen) atoms. The van der Waals surface area contributed by atoms with Crippen LogP contribution >= 0.6 is 11.3 Å². The number of benzene rings is 1. The Morgan fingerprint density at radius 1 is 1.22 bits per heavy atom. The van der Waals surface area contributed by atoms with Gasteiger partial charge in [-0.15, -0.1) is 0 Å². The summed E-state index contributed by atoms with van der Waals surface area (Å²) in [4.78, 5) is 37.0. The monoisotopic (exact) mass is 390 g/mol.